The maximum atomic E-state index is 13.3. The fourth-order valence-corrected chi connectivity index (χ4v) is 2.74. The van der Waals surface area contributed by atoms with Crippen molar-refractivity contribution in [3.63, 3.8) is 0 Å². The van der Waals surface area contributed by atoms with Gasteiger partial charge in [-0.1, -0.05) is 12.1 Å². The zero-order valence-electron chi connectivity index (χ0n) is 15.9. The molecule has 0 aliphatic carbocycles. The Labute approximate surface area is 172 Å². The van der Waals surface area contributed by atoms with Gasteiger partial charge in [-0.2, -0.15) is 0 Å². The van der Waals surface area contributed by atoms with Crippen molar-refractivity contribution in [2.24, 2.45) is 0 Å². The van der Waals surface area contributed by atoms with Crippen molar-refractivity contribution in [3.05, 3.63) is 90.0 Å². The molecular formula is C22H20FN3O4. The largest absolute Gasteiger partial charge is 0.486 e. The van der Waals surface area contributed by atoms with E-state index in [-0.39, 0.29) is 17.4 Å². The van der Waals surface area contributed by atoms with Gasteiger partial charge in [-0.05, 0) is 54.1 Å². The number of hydrogen-bond acceptors (Lipinski definition) is 4. The predicted octanol–water partition coefficient (Wildman–Crippen LogP) is 4.25. The second-order valence-electron chi connectivity index (χ2n) is 6.39. The smallest absolute Gasteiger partial charge is 0.335 e. The van der Waals surface area contributed by atoms with E-state index < -0.39 is 12.1 Å². The van der Waals surface area contributed by atoms with Crippen LogP contribution in [0.15, 0.2) is 73.1 Å². The molecule has 0 aliphatic rings. The Morgan fingerprint density at radius 3 is 2.30 bits per heavy atom. The third kappa shape index (κ3) is 6.03. The normalized spacial score (nSPS) is 11.4. The molecular weight excluding hydrogens is 389 g/mol. The molecule has 8 heteroatoms. The lowest BCUT2D eigenvalue weighted by molar-refractivity contribution is 0.0696. The number of aromatic carboxylic acids is 1. The lowest BCUT2D eigenvalue weighted by Crippen LogP contribution is -2.30. The Bertz CT molecular complexity index is 980. The number of pyridine rings is 1. The van der Waals surface area contributed by atoms with Gasteiger partial charge in [-0.25, -0.2) is 14.0 Å². The van der Waals surface area contributed by atoms with E-state index in [1.165, 1.54) is 24.3 Å². The highest BCUT2D eigenvalue weighted by atomic mass is 19.1. The summed E-state index contributed by atoms with van der Waals surface area (Å²) >= 11 is 0. The molecule has 0 saturated carbocycles. The number of amides is 2. The van der Waals surface area contributed by atoms with Crippen LogP contribution in [-0.4, -0.2) is 28.6 Å². The molecule has 0 saturated heterocycles. The minimum absolute atomic E-state index is 0.148. The Hall–Kier alpha value is -3.94. The van der Waals surface area contributed by atoms with Gasteiger partial charge < -0.3 is 20.5 Å². The molecule has 2 aromatic carbocycles. The van der Waals surface area contributed by atoms with Gasteiger partial charge in [-0.3, -0.25) is 4.98 Å². The second kappa shape index (κ2) is 10.0. The summed E-state index contributed by atoms with van der Waals surface area (Å²) in [5, 5.41) is 14.5. The third-order valence-corrected chi connectivity index (χ3v) is 4.25. The van der Waals surface area contributed by atoms with E-state index in [1.807, 2.05) is 0 Å². The number of urea groups is 1. The molecule has 1 aromatic heterocycles. The molecule has 0 radical (unpaired) electrons. The number of aromatic nitrogens is 1. The summed E-state index contributed by atoms with van der Waals surface area (Å²) in [6.45, 7) is 0.298. The summed E-state index contributed by atoms with van der Waals surface area (Å²) in [4.78, 5) is 26.9. The van der Waals surface area contributed by atoms with Crippen LogP contribution in [0.5, 0.6) is 5.75 Å². The van der Waals surface area contributed by atoms with Gasteiger partial charge in [-0.15, -0.1) is 0 Å². The van der Waals surface area contributed by atoms with Crippen LogP contribution in [0.2, 0.25) is 0 Å². The van der Waals surface area contributed by atoms with Gasteiger partial charge in [0.05, 0.1) is 5.56 Å². The van der Waals surface area contributed by atoms with Crippen molar-refractivity contribution in [3.8, 4) is 5.75 Å². The first-order chi connectivity index (χ1) is 14.5. The Balaban J connectivity index is 1.63. The topological polar surface area (TPSA) is 101 Å². The van der Waals surface area contributed by atoms with Gasteiger partial charge in [0.25, 0.3) is 0 Å². The van der Waals surface area contributed by atoms with Gasteiger partial charge in [0.2, 0.25) is 0 Å². The number of hydrogen-bond donors (Lipinski definition) is 3. The molecule has 3 rings (SSSR count). The summed E-state index contributed by atoms with van der Waals surface area (Å²) in [5.41, 5.74) is 1.50. The van der Waals surface area contributed by atoms with Crippen molar-refractivity contribution in [1.82, 2.24) is 10.3 Å². The minimum Gasteiger partial charge on any atom is -0.486 e. The molecule has 154 valence electrons. The van der Waals surface area contributed by atoms with Crippen molar-refractivity contribution in [1.29, 1.82) is 0 Å². The number of ether oxygens (including phenoxy) is 1. The molecule has 1 atom stereocenters. The van der Waals surface area contributed by atoms with E-state index in [2.05, 4.69) is 15.6 Å². The molecule has 7 nitrogen and oxygen atoms in total. The van der Waals surface area contributed by atoms with Gasteiger partial charge in [0, 0.05) is 31.0 Å². The first kappa shape index (κ1) is 20.8. The van der Waals surface area contributed by atoms with Gasteiger partial charge >= 0.3 is 12.0 Å². The lowest BCUT2D eigenvalue weighted by Gasteiger charge is -2.20. The number of carboxylic acid groups (broad SMARTS) is 1. The zero-order valence-corrected chi connectivity index (χ0v) is 15.9. The number of nitrogens with zero attached hydrogens (tertiary/aromatic N) is 1. The molecule has 2 amide bonds. The number of halogens is 1. The van der Waals surface area contributed by atoms with Crippen molar-refractivity contribution in [2.45, 2.75) is 12.5 Å². The van der Waals surface area contributed by atoms with E-state index >= 15 is 0 Å². The van der Waals surface area contributed by atoms with E-state index in [0.29, 0.717) is 24.4 Å². The van der Waals surface area contributed by atoms with Crippen LogP contribution in [0, 0.1) is 5.82 Å². The van der Waals surface area contributed by atoms with E-state index in [1.54, 1.807) is 48.8 Å². The van der Waals surface area contributed by atoms with Crippen molar-refractivity contribution < 1.29 is 23.8 Å². The number of nitrogens with one attached hydrogen (secondary N) is 2. The number of benzene rings is 2. The molecule has 3 aromatic rings. The SMILES string of the molecule is O=C(NCCC(Oc1ccc(C(=O)O)cc1)c1ccc(F)cc1)Nc1ccncc1. The number of carbonyl (C=O) groups is 2. The maximum absolute atomic E-state index is 13.3. The highest BCUT2D eigenvalue weighted by molar-refractivity contribution is 5.89. The van der Waals surface area contributed by atoms with Crippen LogP contribution >= 0.6 is 0 Å². The average molecular weight is 409 g/mol. The number of anilines is 1. The molecule has 0 fully saturated rings. The van der Waals surface area contributed by atoms with E-state index in [4.69, 9.17) is 9.84 Å². The number of carboxylic acids is 1. The van der Waals surface area contributed by atoms with Crippen LogP contribution in [0.25, 0.3) is 0 Å². The minimum atomic E-state index is -1.03. The van der Waals surface area contributed by atoms with Crippen molar-refractivity contribution >= 4 is 17.7 Å². The summed E-state index contributed by atoms with van der Waals surface area (Å²) in [7, 11) is 0. The summed E-state index contributed by atoms with van der Waals surface area (Å²) in [6.07, 6.45) is 3.09. The molecule has 1 heterocycles. The monoisotopic (exact) mass is 409 g/mol. The van der Waals surface area contributed by atoms with Crippen LogP contribution < -0.4 is 15.4 Å². The Kier molecular flexibility index (Phi) is 6.94. The Morgan fingerprint density at radius 1 is 1.00 bits per heavy atom. The summed E-state index contributed by atoms with van der Waals surface area (Å²) in [5.74, 6) is -0.922. The lowest BCUT2D eigenvalue weighted by atomic mass is 10.1. The third-order valence-electron chi connectivity index (χ3n) is 4.25. The van der Waals surface area contributed by atoms with E-state index in [0.717, 1.165) is 5.56 Å². The molecule has 0 bridgehead atoms. The molecule has 3 N–H and O–H groups in total. The van der Waals surface area contributed by atoms with Crippen LogP contribution in [0.1, 0.15) is 28.4 Å². The number of rotatable bonds is 8. The zero-order chi connectivity index (χ0) is 21.3. The molecule has 0 spiro atoms. The Morgan fingerprint density at radius 2 is 1.67 bits per heavy atom. The predicted molar refractivity (Wildman–Crippen MR) is 109 cm³/mol. The van der Waals surface area contributed by atoms with Crippen LogP contribution in [0.3, 0.4) is 0 Å². The first-order valence-electron chi connectivity index (χ1n) is 9.21. The van der Waals surface area contributed by atoms with Crippen molar-refractivity contribution in [2.75, 3.05) is 11.9 Å². The maximum Gasteiger partial charge on any atom is 0.335 e. The second-order valence-corrected chi connectivity index (χ2v) is 6.39. The van der Waals surface area contributed by atoms with Gasteiger partial charge in [0.15, 0.2) is 0 Å². The summed E-state index contributed by atoms with van der Waals surface area (Å²) < 4.78 is 19.3. The molecule has 0 aliphatic heterocycles. The van der Waals surface area contributed by atoms with Gasteiger partial charge in [0.1, 0.15) is 17.7 Å². The quantitative estimate of drug-likeness (QED) is 0.516. The number of carbonyl (C=O) groups excluding carboxylic acids is 1. The average Bonchev–Trinajstić information content (AvgIpc) is 2.75. The molecule has 30 heavy (non-hydrogen) atoms. The highest BCUT2D eigenvalue weighted by Gasteiger charge is 2.15. The molecule has 1 unspecified atom stereocenters. The van der Waals surface area contributed by atoms with E-state index in [9.17, 15) is 14.0 Å². The standard InChI is InChI=1S/C22H20FN3O4/c23-17-5-1-15(2-6-17)20(30-19-7-3-16(4-8-19)21(27)28)11-14-25-22(29)26-18-9-12-24-13-10-18/h1-10,12-13,20H,11,14H2,(H,27,28)(H2,24,25,26,29). The van der Waals surface area contributed by atoms with Crippen LogP contribution in [0.4, 0.5) is 14.9 Å². The van der Waals surface area contributed by atoms with Crippen LogP contribution in [-0.2, 0) is 0 Å². The summed E-state index contributed by atoms with van der Waals surface area (Å²) in [6, 6.07) is 14.9. The fraction of sp³-hybridized carbons (Fsp3) is 0.136. The highest BCUT2D eigenvalue weighted by Crippen LogP contribution is 2.25. The fourth-order valence-electron chi connectivity index (χ4n) is 2.74. The first-order valence-corrected chi connectivity index (χ1v) is 9.21.